The van der Waals surface area contributed by atoms with Gasteiger partial charge in [-0.3, -0.25) is 14.5 Å². The number of benzene rings is 2. The minimum Gasteiger partial charge on any atom is -0.493 e. The van der Waals surface area contributed by atoms with Gasteiger partial charge in [0.1, 0.15) is 5.54 Å². The maximum Gasteiger partial charge on any atom is 0.251 e. The van der Waals surface area contributed by atoms with E-state index in [1.54, 1.807) is 31.3 Å². The monoisotopic (exact) mass is 416 g/mol. The van der Waals surface area contributed by atoms with Crippen molar-refractivity contribution in [3.8, 4) is 22.6 Å². The van der Waals surface area contributed by atoms with Crippen molar-refractivity contribution in [3.05, 3.63) is 67.1 Å². The first-order valence-corrected chi connectivity index (χ1v) is 9.86. The third kappa shape index (κ3) is 3.94. The summed E-state index contributed by atoms with van der Waals surface area (Å²) in [5.74, 6) is 1.10. The maximum atomic E-state index is 13.1. The number of aromatic nitrogens is 3. The summed E-state index contributed by atoms with van der Waals surface area (Å²) >= 11 is 0. The molecule has 2 aromatic heterocycles. The fourth-order valence-electron chi connectivity index (χ4n) is 3.32. The number of hydrogen-bond donors (Lipinski definition) is 1. The molecule has 0 aliphatic rings. The number of hydrogen-bond acceptors (Lipinski definition) is 5. The highest BCUT2D eigenvalue weighted by Gasteiger charge is 2.31. The Balaban J connectivity index is 1.57. The average Bonchev–Trinajstić information content (AvgIpc) is 3.29. The number of fused-ring (bicyclic) bond motifs is 1. The number of nitrogens with one attached hydrogen (secondary N) is 1. The van der Waals surface area contributed by atoms with E-state index in [2.05, 4.69) is 15.4 Å². The van der Waals surface area contributed by atoms with Crippen LogP contribution in [-0.2, 0) is 10.3 Å². The summed E-state index contributed by atoms with van der Waals surface area (Å²) in [5, 5.41) is 8.37. The van der Waals surface area contributed by atoms with E-state index in [4.69, 9.17) is 9.47 Å². The highest BCUT2D eigenvalue weighted by molar-refractivity contribution is 5.97. The number of carbonyl (C=O) groups is 1. The Morgan fingerprint density at radius 1 is 0.968 bits per heavy atom. The Morgan fingerprint density at radius 2 is 1.74 bits per heavy atom. The van der Waals surface area contributed by atoms with E-state index in [0.29, 0.717) is 17.2 Å². The lowest BCUT2D eigenvalue weighted by Crippen LogP contribution is -2.40. The molecule has 2 aromatic carbocycles. The summed E-state index contributed by atoms with van der Waals surface area (Å²) < 4.78 is 12.3. The summed E-state index contributed by atoms with van der Waals surface area (Å²) in [6.45, 7) is 3.64. The first-order chi connectivity index (χ1) is 14.9. The van der Waals surface area contributed by atoms with Crippen LogP contribution >= 0.6 is 0 Å². The van der Waals surface area contributed by atoms with Gasteiger partial charge in [-0.25, -0.2) is 0 Å². The van der Waals surface area contributed by atoms with Crippen LogP contribution in [0.5, 0.6) is 11.5 Å². The number of para-hydroxylation sites is 1. The third-order valence-electron chi connectivity index (χ3n) is 5.28. The molecule has 0 fully saturated rings. The Labute approximate surface area is 180 Å². The second-order valence-corrected chi connectivity index (χ2v) is 7.67. The summed E-state index contributed by atoms with van der Waals surface area (Å²) in [6, 6.07) is 15.3. The number of amides is 1. The van der Waals surface area contributed by atoms with Gasteiger partial charge >= 0.3 is 0 Å². The molecule has 0 spiro atoms. The van der Waals surface area contributed by atoms with E-state index in [1.807, 2.05) is 68.6 Å². The molecule has 0 atom stereocenters. The standard InChI is InChI=1S/C24H24N4O3/c1-24(2,23(29)27-19-11-17-7-5-6-8-20(17)25-14-19)28-15-18(13-26-28)16-9-10-21(30-3)22(12-16)31-4/h5-15H,1-4H3,(H,27,29). The van der Waals surface area contributed by atoms with Crippen molar-refractivity contribution < 1.29 is 14.3 Å². The predicted molar refractivity (Wildman–Crippen MR) is 120 cm³/mol. The number of carbonyl (C=O) groups excluding carboxylic acids is 1. The Morgan fingerprint density at radius 3 is 2.52 bits per heavy atom. The summed E-state index contributed by atoms with van der Waals surface area (Å²) in [5.41, 5.74) is 2.39. The van der Waals surface area contributed by atoms with Crippen LogP contribution in [0, 0.1) is 0 Å². The van der Waals surface area contributed by atoms with Crippen molar-refractivity contribution >= 4 is 22.5 Å². The number of anilines is 1. The smallest absolute Gasteiger partial charge is 0.251 e. The van der Waals surface area contributed by atoms with Crippen LogP contribution < -0.4 is 14.8 Å². The van der Waals surface area contributed by atoms with Gasteiger partial charge in [0.25, 0.3) is 5.91 Å². The molecule has 1 N–H and O–H groups in total. The van der Waals surface area contributed by atoms with Gasteiger partial charge in [-0.2, -0.15) is 5.10 Å². The average molecular weight is 416 g/mol. The van der Waals surface area contributed by atoms with Crippen molar-refractivity contribution in [2.45, 2.75) is 19.4 Å². The van der Waals surface area contributed by atoms with Crippen molar-refractivity contribution in [1.29, 1.82) is 0 Å². The van der Waals surface area contributed by atoms with Crippen LogP contribution in [0.4, 0.5) is 5.69 Å². The van der Waals surface area contributed by atoms with Gasteiger partial charge in [-0.05, 0) is 43.7 Å². The fraction of sp³-hybridized carbons (Fsp3) is 0.208. The van der Waals surface area contributed by atoms with Crippen molar-refractivity contribution in [3.63, 3.8) is 0 Å². The van der Waals surface area contributed by atoms with Gasteiger partial charge in [-0.15, -0.1) is 0 Å². The van der Waals surface area contributed by atoms with E-state index in [-0.39, 0.29) is 5.91 Å². The van der Waals surface area contributed by atoms with E-state index in [9.17, 15) is 4.79 Å². The largest absolute Gasteiger partial charge is 0.493 e. The lowest BCUT2D eigenvalue weighted by atomic mass is 10.0. The zero-order valence-corrected chi connectivity index (χ0v) is 17.9. The lowest BCUT2D eigenvalue weighted by molar-refractivity contribution is -0.123. The molecule has 7 heteroatoms. The molecule has 0 aliphatic heterocycles. The van der Waals surface area contributed by atoms with Gasteiger partial charge in [0.05, 0.1) is 37.8 Å². The zero-order chi connectivity index (χ0) is 22.0. The van der Waals surface area contributed by atoms with Crippen LogP contribution in [-0.4, -0.2) is 34.9 Å². The Bertz CT molecular complexity index is 1250. The summed E-state index contributed by atoms with van der Waals surface area (Å²) in [6.07, 6.45) is 5.24. The van der Waals surface area contributed by atoms with Crippen molar-refractivity contribution in [1.82, 2.24) is 14.8 Å². The Hall–Kier alpha value is -3.87. The van der Waals surface area contributed by atoms with Gasteiger partial charge in [-0.1, -0.05) is 24.3 Å². The lowest BCUT2D eigenvalue weighted by Gasteiger charge is -2.24. The summed E-state index contributed by atoms with van der Waals surface area (Å²) in [4.78, 5) is 17.5. The van der Waals surface area contributed by atoms with Crippen molar-refractivity contribution in [2.75, 3.05) is 19.5 Å². The topological polar surface area (TPSA) is 78.3 Å². The van der Waals surface area contributed by atoms with Gasteiger partial charge in [0, 0.05) is 17.1 Å². The number of pyridine rings is 1. The van der Waals surface area contributed by atoms with Crippen LogP contribution in [0.25, 0.3) is 22.0 Å². The molecule has 0 bridgehead atoms. The SMILES string of the molecule is COc1ccc(-c2cnn(C(C)(C)C(=O)Nc3cnc4ccccc4c3)c2)cc1OC. The van der Waals surface area contributed by atoms with E-state index >= 15 is 0 Å². The molecule has 4 rings (SSSR count). The highest BCUT2D eigenvalue weighted by atomic mass is 16.5. The summed E-state index contributed by atoms with van der Waals surface area (Å²) in [7, 11) is 3.20. The zero-order valence-electron chi connectivity index (χ0n) is 17.9. The van der Waals surface area contributed by atoms with Crippen LogP contribution in [0.15, 0.2) is 67.1 Å². The number of ether oxygens (including phenoxy) is 2. The first kappa shape index (κ1) is 20.4. The molecular weight excluding hydrogens is 392 g/mol. The van der Waals surface area contributed by atoms with Crippen molar-refractivity contribution in [2.24, 2.45) is 0 Å². The third-order valence-corrected chi connectivity index (χ3v) is 5.28. The van der Waals surface area contributed by atoms with Gasteiger partial charge < -0.3 is 14.8 Å². The molecule has 0 unspecified atom stereocenters. The van der Waals surface area contributed by atoms with Gasteiger partial charge in [0.15, 0.2) is 11.5 Å². The molecule has 158 valence electrons. The molecule has 4 aromatic rings. The molecule has 31 heavy (non-hydrogen) atoms. The molecule has 7 nitrogen and oxygen atoms in total. The van der Waals surface area contributed by atoms with E-state index in [0.717, 1.165) is 22.0 Å². The highest BCUT2D eigenvalue weighted by Crippen LogP contribution is 2.32. The minimum absolute atomic E-state index is 0.188. The number of nitrogens with zero attached hydrogens (tertiary/aromatic N) is 3. The second-order valence-electron chi connectivity index (χ2n) is 7.67. The number of methoxy groups -OCH3 is 2. The number of rotatable bonds is 6. The normalized spacial score (nSPS) is 11.4. The first-order valence-electron chi connectivity index (χ1n) is 9.86. The van der Waals surface area contributed by atoms with Gasteiger partial charge in [0.2, 0.25) is 0 Å². The molecule has 0 aliphatic carbocycles. The predicted octanol–water partition coefficient (Wildman–Crippen LogP) is 4.49. The molecule has 2 heterocycles. The minimum atomic E-state index is -0.916. The van der Waals surface area contributed by atoms with Crippen LogP contribution in [0.3, 0.4) is 0 Å². The van der Waals surface area contributed by atoms with Crippen LogP contribution in [0.2, 0.25) is 0 Å². The van der Waals surface area contributed by atoms with E-state index < -0.39 is 5.54 Å². The molecule has 1 amide bonds. The van der Waals surface area contributed by atoms with E-state index in [1.165, 1.54) is 0 Å². The van der Waals surface area contributed by atoms with Crippen LogP contribution in [0.1, 0.15) is 13.8 Å². The molecule has 0 saturated heterocycles. The molecule has 0 radical (unpaired) electrons. The quantitative estimate of drug-likeness (QED) is 0.501. The maximum absolute atomic E-state index is 13.1. The molecular formula is C24H24N4O3. The Kier molecular flexibility index (Phi) is 5.33. The fourth-order valence-corrected chi connectivity index (χ4v) is 3.32. The second kappa shape index (κ2) is 8.10. The molecule has 0 saturated carbocycles.